The fourth-order valence-corrected chi connectivity index (χ4v) is 2.18. The summed E-state index contributed by atoms with van der Waals surface area (Å²) >= 11 is 12.4. The van der Waals surface area contributed by atoms with E-state index in [0.29, 0.717) is 21.6 Å². The highest BCUT2D eigenvalue weighted by atomic mass is 79.9. The molecule has 0 saturated heterocycles. The van der Waals surface area contributed by atoms with Gasteiger partial charge in [-0.05, 0) is 40.5 Å². The molecule has 1 N–H and O–H groups in total. The highest BCUT2D eigenvalue weighted by molar-refractivity contribution is 9.10. The second-order valence-corrected chi connectivity index (χ2v) is 5.01. The summed E-state index contributed by atoms with van der Waals surface area (Å²) in [5.74, 6) is -0.0838. The highest BCUT2D eigenvalue weighted by Gasteiger charge is 2.08. The van der Waals surface area contributed by atoms with Crippen molar-refractivity contribution < 1.29 is 4.79 Å². The summed E-state index contributed by atoms with van der Waals surface area (Å²) in [6.45, 7) is 0.666. The lowest BCUT2D eigenvalue weighted by molar-refractivity contribution is 0.0953. The minimum absolute atomic E-state index is 0.0838. The number of halogens is 3. The summed E-state index contributed by atoms with van der Waals surface area (Å²) in [4.78, 5) is 11.7. The fraction of sp³-hybridized carbons (Fsp3) is 0.300. The van der Waals surface area contributed by atoms with Crippen LogP contribution in [0.5, 0.6) is 0 Å². The first kappa shape index (κ1) is 13.0. The molecule has 0 radical (unpaired) electrons. The minimum Gasteiger partial charge on any atom is -0.352 e. The molecule has 0 heterocycles. The first-order valence-corrected chi connectivity index (χ1v) is 6.73. The van der Waals surface area contributed by atoms with E-state index in [-0.39, 0.29) is 5.91 Å². The van der Waals surface area contributed by atoms with Crippen LogP contribution >= 0.6 is 43.5 Å². The molecule has 15 heavy (non-hydrogen) atoms. The smallest absolute Gasteiger partial charge is 0.252 e. The van der Waals surface area contributed by atoms with Gasteiger partial charge in [-0.3, -0.25) is 4.79 Å². The van der Waals surface area contributed by atoms with Crippen LogP contribution in [-0.2, 0) is 0 Å². The number of amides is 1. The van der Waals surface area contributed by atoms with Crippen LogP contribution in [0.15, 0.2) is 22.7 Å². The van der Waals surface area contributed by atoms with Gasteiger partial charge in [0.1, 0.15) is 0 Å². The lowest BCUT2D eigenvalue weighted by atomic mass is 10.2. The minimum atomic E-state index is -0.0838. The van der Waals surface area contributed by atoms with Gasteiger partial charge in [0.2, 0.25) is 0 Å². The Hall–Kier alpha value is -0.0600. The maximum absolute atomic E-state index is 11.7. The second-order valence-electron chi connectivity index (χ2n) is 2.92. The van der Waals surface area contributed by atoms with Crippen LogP contribution in [0.3, 0.4) is 0 Å². The Labute approximate surface area is 111 Å². The van der Waals surface area contributed by atoms with Gasteiger partial charge < -0.3 is 5.32 Å². The van der Waals surface area contributed by atoms with Crippen molar-refractivity contribution in [1.29, 1.82) is 0 Å². The maximum atomic E-state index is 11.7. The van der Waals surface area contributed by atoms with Gasteiger partial charge in [-0.2, -0.15) is 0 Å². The SMILES string of the molecule is O=C(NCCCBr)c1ccc(Cl)cc1Br. The number of carbonyl (C=O) groups excluding carboxylic acids is 1. The summed E-state index contributed by atoms with van der Waals surface area (Å²) in [5.41, 5.74) is 0.606. The predicted octanol–water partition coefficient (Wildman–Crippen LogP) is 3.62. The molecule has 82 valence electrons. The van der Waals surface area contributed by atoms with Crippen LogP contribution in [-0.4, -0.2) is 17.8 Å². The van der Waals surface area contributed by atoms with E-state index < -0.39 is 0 Å². The number of alkyl halides is 1. The Morgan fingerprint density at radius 3 is 2.80 bits per heavy atom. The second kappa shape index (κ2) is 6.51. The van der Waals surface area contributed by atoms with Crippen molar-refractivity contribution in [3.05, 3.63) is 33.3 Å². The molecule has 1 rings (SSSR count). The molecule has 0 aromatic heterocycles. The van der Waals surface area contributed by atoms with Gasteiger partial charge in [-0.1, -0.05) is 27.5 Å². The Bertz CT molecular complexity index is 357. The third-order valence-electron chi connectivity index (χ3n) is 1.77. The van der Waals surface area contributed by atoms with Gasteiger partial charge in [0.15, 0.2) is 0 Å². The standard InChI is InChI=1S/C10H10Br2ClNO/c11-4-1-5-14-10(15)8-3-2-7(13)6-9(8)12/h2-3,6H,1,4-5H2,(H,14,15). The molecule has 2 nitrogen and oxygen atoms in total. The lowest BCUT2D eigenvalue weighted by Crippen LogP contribution is -2.24. The summed E-state index contributed by atoms with van der Waals surface area (Å²) in [6.07, 6.45) is 0.914. The van der Waals surface area contributed by atoms with Crippen LogP contribution in [0, 0.1) is 0 Å². The molecule has 0 fully saturated rings. The topological polar surface area (TPSA) is 29.1 Å². The van der Waals surface area contributed by atoms with Crippen LogP contribution < -0.4 is 5.32 Å². The van der Waals surface area contributed by atoms with Gasteiger partial charge in [0.25, 0.3) is 5.91 Å². The maximum Gasteiger partial charge on any atom is 0.252 e. The van der Waals surface area contributed by atoms with E-state index in [1.54, 1.807) is 18.2 Å². The molecular weight excluding hydrogens is 345 g/mol. The molecule has 0 spiro atoms. The molecule has 0 saturated carbocycles. The molecule has 0 aliphatic heterocycles. The van der Waals surface area contributed by atoms with Gasteiger partial charge in [-0.15, -0.1) is 0 Å². The normalized spacial score (nSPS) is 10.1. The van der Waals surface area contributed by atoms with E-state index >= 15 is 0 Å². The highest BCUT2D eigenvalue weighted by Crippen LogP contribution is 2.21. The van der Waals surface area contributed by atoms with Gasteiger partial charge in [-0.25, -0.2) is 0 Å². The molecule has 0 bridgehead atoms. The van der Waals surface area contributed by atoms with Crippen molar-refractivity contribution in [2.75, 3.05) is 11.9 Å². The zero-order valence-corrected chi connectivity index (χ0v) is 11.8. The number of hydrogen-bond donors (Lipinski definition) is 1. The Morgan fingerprint density at radius 2 is 2.20 bits per heavy atom. The van der Waals surface area contributed by atoms with Gasteiger partial charge in [0.05, 0.1) is 5.56 Å². The molecule has 1 amide bonds. The molecule has 0 atom stereocenters. The molecule has 0 aliphatic rings. The Balaban J connectivity index is 2.65. The first-order chi connectivity index (χ1) is 7.15. The number of benzene rings is 1. The molecule has 1 aromatic rings. The summed E-state index contributed by atoms with van der Waals surface area (Å²) in [6, 6.07) is 5.11. The summed E-state index contributed by atoms with van der Waals surface area (Å²) in [5, 5.41) is 4.31. The predicted molar refractivity (Wildman–Crippen MR) is 69.9 cm³/mol. The lowest BCUT2D eigenvalue weighted by Gasteiger charge is -2.06. The van der Waals surface area contributed by atoms with E-state index in [1.807, 2.05) is 0 Å². The Kier molecular flexibility index (Phi) is 5.64. The Morgan fingerprint density at radius 1 is 1.47 bits per heavy atom. The van der Waals surface area contributed by atoms with E-state index in [2.05, 4.69) is 37.2 Å². The fourth-order valence-electron chi connectivity index (χ4n) is 1.04. The average molecular weight is 355 g/mol. The zero-order valence-electron chi connectivity index (χ0n) is 7.90. The van der Waals surface area contributed by atoms with E-state index in [0.717, 1.165) is 11.8 Å². The molecule has 5 heteroatoms. The number of hydrogen-bond acceptors (Lipinski definition) is 1. The summed E-state index contributed by atoms with van der Waals surface area (Å²) in [7, 11) is 0. The molecule has 1 aromatic carbocycles. The van der Waals surface area contributed by atoms with Crippen molar-refractivity contribution in [3.8, 4) is 0 Å². The monoisotopic (exact) mass is 353 g/mol. The van der Waals surface area contributed by atoms with Crippen LogP contribution in [0.4, 0.5) is 0 Å². The zero-order chi connectivity index (χ0) is 11.3. The molecule has 0 unspecified atom stereocenters. The van der Waals surface area contributed by atoms with E-state index in [9.17, 15) is 4.79 Å². The third kappa shape index (κ3) is 4.13. The van der Waals surface area contributed by atoms with E-state index in [4.69, 9.17) is 11.6 Å². The number of carbonyl (C=O) groups is 1. The first-order valence-electron chi connectivity index (χ1n) is 4.44. The third-order valence-corrected chi connectivity index (χ3v) is 3.22. The summed E-state index contributed by atoms with van der Waals surface area (Å²) < 4.78 is 0.714. The molecule has 0 aliphatic carbocycles. The van der Waals surface area contributed by atoms with Crippen molar-refractivity contribution >= 4 is 49.4 Å². The number of rotatable bonds is 4. The average Bonchev–Trinajstić information content (AvgIpc) is 2.17. The van der Waals surface area contributed by atoms with Crippen molar-refractivity contribution in [2.24, 2.45) is 0 Å². The van der Waals surface area contributed by atoms with E-state index in [1.165, 1.54) is 0 Å². The van der Waals surface area contributed by atoms with Crippen molar-refractivity contribution in [2.45, 2.75) is 6.42 Å². The molecular formula is C10H10Br2ClNO. The largest absolute Gasteiger partial charge is 0.352 e. The van der Waals surface area contributed by atoms with Crippen LogP contribution in [0.1, 0.15) is 16.8 Å². The number of nitrogens with one attached hydrogen (secondary N) is 1. The van der Waals surface area contributed by atoms with Crippen molar-refractivity contribution in [1.82, 2.24) is 5.32 Å². The van der Waals surface area contributed by atoms with Crippen LogP contribution in [0.2, 0.25) is 5.02 Å². The van der Waals surface area contributed by atoms with Gasteiger partial charge in [0, 0.05) is 21.4 Å². The van der Waals surface area contributed by atoms with Gasteiger partial charge >= 0.3 is 0 Å². The quantitative estimate of drug-likeness (QED) is 0.649. The van der Waals surface area contributed by atoms with Crippen LogP contribution in [0.25, 0.3) is 0 Å². The van der Waals surface area contributed by atoms with Crippen molar-refractivity contribution in [3.63, 3.8) is 0 Å².